The van der Waals surface area contributed by atoms with Gasteiger partial charge in [0.2, 0.25) is 0 Å². The molecule has 110 valence electrons. The molecule has 21 heavy (non-hydrogen) atoms. The van der Waals surface area contributed by atoms with Crippen molar-refractivity contribution in [2.24, 2.45) is 0 Å². The van der Waals surface area contributed by atoms with Crippen LogP contribution in [-0.2, 0) is 6.42 Å². The number of carbonyl (C=O) groups excluding carboxylic acids is 1. The van der Waals surface area contributed by atoms with Gasteiger partial charge in [0.15, 0.2) is 5.78 Å². The molecule has 0 fully saturated rings. The van der Waals surface area contributed by atoms with Gasteiger partial charge in [0, 0.05) is 6.42 Å². The lowest BCUT2D eigenvalue weighted by molar-refractivity contribution is 0.0993. The number of ketones is 1. The number of halogens is 4. The number of Topliss-reactive ketones (excluding diaryl/α,β-unsaturated/α-hetero) is 1. The van der Waals surface area contributed by atoms with Crippen LogP contribution in [0.1, 0.15) is 15.9 Å². The minimum Gasteiger partial charge on any atom is -0.497 e. The highest BCUT2D eigenvalue weighted by Gasteiger charge is 2.20. The molecule has 0 saturated carbocycles. The molecule has 0 amide bonds. The highest BCUT2D eigenvalue weighted by Crippen LogP contribution is 2.38. The first kappa shape index (κ1) is 16.4. The molecule has 0 heterocycles. The zero-order valence-electron chi connectivity index (χ0n) is 10.9. The van der Waals surface area contributed by atoms with Crippen molar-refractivity contribution in [3.05, 3.63) is 61.5 Å². The van der Waals surface area contributed by atoms with Crippen molar-refractivity contribution in [2.75, 3.05) is 7.11 Å². The molecule has 0 spiro atoms. The molecule has 0 aromatic heterocycles. The number of hydrogen-bond donors (Lipinski definition) is 0. The van der Waals surface area contributed by atoms with Crippen molar-refractivity contribution in [2.45, 2.75) is 6.42 Å². The van der Waals surface area contributed by atoms with Crippen LogP contribution in [0.4, 0.5) is 0 Å². The van der Waals surface area contributed by atoms with Gasteiger partial charge in [0.1, 0.15) is 5.75 Å². The Hall–Kier alpha value is -0.930. The fraction of sp³-hybridized carbons (Fsp3) is 0.133. The topological polar surface area (TPSA) is 26.3 Å². The Bertz CT molecular complexity index is 681. The third-order valence-corrected chi connectivity index (χ3v) is 4.48. The minimum atomic E-state index is -0.228. The first-order chi connectivity index (χ1) is 9.93. The molecule has 2 aromatic carbocycles. The van der Waals surface area contributed by atoms with Crippen LogP contribution >= 0.6 is 46.4 Å². The Balaban J connectivity index is 2.30. The lowest BCUT2D eigenvalue weighted by Gasteiger charge is -2.09. The number of benzene rings is 2. The van der Waals surface area contributed by atoms with E-state index in [-0.39, 0.29) is 37.9 Å². The van der Waals surface area contributed by atoms with Gasteiger partial charge in [-0.05, 0) is 23.8 Å². The summed E-state index contributed by atoms with van der Waals surface area (Å²) >= 11 is 23.9. The average molecular weight is 364 g/mol. The van der Waals surface area contributed by atoms with Crippen molar-refractivity contribution >= 4 is 52.2 Å². The van der Waals surface area contributed by atoms with Crippen LogP contribution in [0.25, 0.3) is 0 Å². The zero-order chi connectivity index (χ0) is 15.6. The number of ether oxygens (including phenoxy) is 1. The lowest BCUT2D eigenvalue weighted by Crippen LogP contribution is -2.06. The number of methoxy groups -OCH3 is 1. The fourth-order valence-corrected chi connectivity index (χ4v) is 2.96. The van der Waals surface area contributed by atoms with Crippen LogP contribution in [-0.4, -0.2) is 12.9 Å². The smallest absolute Gasteiger partial charge is 0.170 e. The van der Waals surface area contributed by atoms with Gasteiger partial charge in [-0.25, -0.2) is 0 Å². The van der Waals surface area contributed by atoms with E-state index in [0.29, 0.717) is 0 Å². The van der Waals surface area contributed by atoms with E-state index in [1.54, 1.807) is 31.4 Å². The fourth-order valence-electron chi connectivity index (χ4n) is 1.84. The summed E-state index contributed by atoms with van der Waals surface area (Å²) in [6.45, 7) is 0. The summed E-state index contributed by atoms with van der Waals surface area (Å²) in [4.78, 5) is 12.4. The predicted octanol–water partition coefficient (Wildman–Crippen LogP) is 5.73. The maximum Gasteiger partial charge on any atom is 0.170 e. The van der Waals surface area contributed by atoms with Crippen molar-refractivity contribution in [1.29, 1.82) is 0 Å². The molecule has 0 aliphatic rings. The van der Waals surface area contributed by atoms with E-state index in [2.05, 4.69) is 0 Å². The first-order valence-corrected chi connectivity index (χ1v) is 7.44. The first-order valence-electron chi connectivity index (χ1n) is 5.93. The standard InChI is InChI=1S/C15H10Cl4O2/c1-21-9-4-2-8(3-5-9)6-12(20)13-10(16)7-11(17)14(18)15(13)19/h2-5,7H,6H2,1H3. The summed E-state index contributed by atoms with van der Waals surface area (Å²) < 4.78 is 5.07. The molecule has 2 rings (SSSR count). The molecule has 0 aliphatic heterocycles. The molecule has 0 saturated heterocycles. The van der Waals surface area contributed by atoms with E-state index in [4.69, 9.17) is 51.1 Å². The predicted molar refractivity (Wildman–Crippen MR) is 87.5 cm³/mol. The number of hydrogen-bond acceptors (Lipinski definition) is 2. The maximum atomic E-state index is 12.4. The Labute approximate surface area is 142 Å². The summed E-state index contributed by atoms with van der Waals surface area (Å²) in [7, 11) is 1.58. The molecule has 0 atom stereocenters. The molecular formula is C15H10Cl4O2. The second-order valence-electron chi connectivity index (χ2n) is 4.29. The van der Waals surface area contributed by atoms with Gasteiger partial charge in [-0.15, -0.1) is 0 Å². The van der Waals surface area contributed by atoms with E-state index < -0.39 is 0 Å². The lowest BCUT2D eigenvalue weighted by atomic mass is 10.0. The van der Waals surface area contributed by atoms with Crippen molar-refractivity contribution < 1.29 is 9.53 Å². The average Bonchev–Trinajstić information content (AvgIpc) is 2.45. The molecule has 2 aromatic rings. The second kappa shape index (κ2) is 6.89. The highest BCUT2D eigenvalue weighted by molar-refractivity contribution is 6.51. The van der Waals surface area contributed by atoms with Gasteiger partial charge in [-0.2, -0.15) is 0 Å². The van der Waals surface area contributed by atoms with Crippen molar-refractivity contribution in [3.63, 3.8) is 0 Å². The van der Waals surface area contributed by atoms with Crippen LogP contribution in [0, 0.1) is 0 Å². The highest BCUT2D eigenvalue weighted by atomic mass is 35.5. The van der Waals surface area contributed by atoms with Crippen LogP contribution in [0.5, 0.6) is 5.75 Å². The molecule has 0 aliphatic carbocycles. The Morgan fingerprint density at radius 3 is 2.19 bits per heavy atom. The third-order valence-electron chi connectivity index (χ3n) is 2.92. The van der Waals surface area contributed by atoms with Crippen molar-refractivity contribution in [1.82, 2.24) is 0 Å². The minimum absolute atomic E-state index is 0.0766. The van der Waals surface area contributed by atoms with Gasteiger partial charge in [-0.1, -0.05) is 58.5 Å². The third kappa shape index (κ3) is 3.64. The Kier molecular flexibility index (Phi) is 5.39. The Morgan fingerprint density at radius 1 is 1.00 bits per heavy atom. The summed E-state index contributed by atoms with van der Waals surface area (Å²) in [5, 5.41) is 0.606. The molecule has 0 unspecified atom stereocenters. The van der Waals surface area contributed by atoms with Gasteiger partial charge < -0.3 is 4.74 Å². The van der Waals surface area contributed by atoms with E-state index in [0.717, 1.165) is 11.3 Å². The maximum absolute atomic E-state index is 12.4. The van der Waals surface area contributed by atoms with Gasteiger partial charge >= 0.3 is 0 Å². The van der Waals surface area contributed by atoms with Crippen LogP contribution in [0.15, 0.2) is 30.3 Å². The summed E-state index contributed by atoms with van der Waals surface area (Å²) in [5.41, 5.74) is 1.00. The van der Waals surface area contributed by atoms with E-state index >= 15 is 0 Å². The largest absolute Gasteiger partial charge is 0.497 e. The van der Waals surface area contributed by atoms with Crippen LogP contribution in [0.3, 0.4) is 0 Å². The van der Waals surface area contributed by atoms with Crippen molar-refractivity contribution in [3.8, 4) is 5.75 Å². The van der Waals surface area contributed by atoms with E-state index in [1.807, 2.05) is 0 Å². The van der Waals surface area contributed by atoms with Gasteiger partial charge in [0.05, 0.1) is 32.8 Å². The van der Waals surface area contributed by atoms with E-state index in [9.17, 15) is 4.79 Å². The Morgan fingerprint density at radius 2 is 1.62 bits per heavy atom. The molecule has 0 bridgehead atoms. The monoisotopic (exact) mass is 362 g/mol. The zero-order valence-corrected chi connectivity index (χ0v) is 13.9. The molecule has 6 heteroatoms. The SMILES string of the molecule is COc1ccc(CC(=O)c2c(Cl)cc(Cl)c(Cl)c2Cl)cc1. The number of carbonyl (C=O) groups is 1. The van der Waals surface area contributed by atoms with E-state index in [1.165, 1.54) is 6.07 Å². The number of rotatable bonds is 4. The summed E-state index contributed by atoms with van der Waals surface area (Å²) in [6, 6.07) is 8.58. The quantitative estimate of drug-likeness (QED) is 0.393. The second-order valence-corrected chi connectivity index (χ2v) is 5.86. The van der Waals surface area contributed by atoms with Crippen LogP contribution in [0.2, 0.25) is 20.1 Å². The molecule has 2 nitrogen and oxygen atoms in total. The van der Waals surface area contributed by atoms with Crippen LogP contribution < -0.4 is 4.74 Å². The normalized spacial score (nSPS) is 10.5. The van der Waals surface area contributed by atoms with Gasteiger partial charge in [-0.3, -0.25) is 4.79 Å². The van der Waals surface area contributed by atoms with Gasteiger partial charge in [0.25, 0.3) is 0 Å². The molecule has 0 radical (unpaired) electrons. The molecule has 0 N–H and O–H groups in total. The summed E-state index contributed by atoms with van der Waals surface area (Å²) in [6.07, 6.45) is 0.154. The molecular weight excluding hydrogens is 354 g/mol. The summed E-state index contributed by atoms with van der Waals surface area (Å²) in [5.74, 6) is 0.491.